The van der Waals surface area contributed by atoms with Crippen molar-refractivity contribution in [1.82, 2.24) is 4.98 Å². The molecule has 0 fully saturated rings. The van der Waals surface area contributed by atoms with Gasteiger partial charge in [-0.05, 0) is 54.8 Å². The monoisotopic (exact) mass is 432 g/mol. The van der Waals surface area contributed by atoms with Crippen LogP contribution >= 0.6 is 11.3 Å². The summed E-state index contributed by atoms with van der Waals surface area (Å²) in [4.78, 5) is 20.3. The van der Waals surface area contributed by atoms with E-state index in [1.165, 1.54) is 11.3 Å². The lowest BCUT2D eigenvalue weighted by molar-refractivity contribution is 0.0982. The minimum Gasteiger partial charge on any atom is -0.497 e. The van der Waals surface area contributed by atoms with Crippen LogP contribution in [0.4, 0.5) is 5.13 Å². The van der Waals surface area contributed by atoms with Gasteiger partial charge in [0.1, 0.15) is 11.5 Å². The fourth-order valence-corrected chi connectivity index (χ4v) is 4.61. The van der Waals surface area contributed by atoms with Crippen LogP contribution in [-0.4, -0.2) is 25.1 Å². The Kier molecular flexibility index (Phi) is 5.91. The Morgan fingerprint density at radius 3 is 2.48 bits per heavy atom. The number of carbonyl (C=O) groups excluding carboxylic acids is 1. The molecule has 4 rings (SSSR count). The third kappa shape index (κ3) is 4.25. The van der Waals surface area contributed by atoms with E-state index in [9.17, 15) is 4.79 Å². The van der Waals surface area contributed by atoms with Crippen molar-refractivity contribution in [1.29, 1.82) is 0 Å². The first-order chi connectivity index (χ1) is 15.0. The van der Waals surface area contributed by atoms with E-state index in [2.05, 4.69) is 26.0 Å². The highest BCUT2D eigenvalue weighted by Gasteiger charge is 2.25. The van der Waals surface area contributed by atoms with Crippen LogP contribution in [0.3, 0.4) is 0 Å². The zero-order valence-electron chi connectivity index (χ0n) is 18.0. The Bertz CT molecular complexity index is 1230. The number of aromatic nitrogens is 1. The summed E-state index contributed by atoms with van der Waals surface area (Å²) in [6, 6.07) is 19.3. The van der Waals surface area contributed by atoms with E-state index in [-0.39, 0.29) is 5.91 Å². The third-order valence-electron chi connectivity index (χ3n) is 5.11. The van der Waals surface area contributed by atoms with E-state index in [1.54, 1.807) is 37.3 Å². The first kappa shape index (κ1) is 20.9. The van der Waals surface area contributed by atoms with Gasteiger partial charge in [-0.15, -0.1) is 0 Å². The van der Waals surface area contributed by atoms with Crippen LogP contribution in [0, 0.1) is 13.8 Å². The number of rotatable bonds is 6. The molecule has 0 unspecified atom stereocenters. The lowest BCUT2D eigenvalue weighted by Crippen LogP contribution is -2.30. The number of aryl methyl sites for hydroxylation is 2. The molecular weight excluding hydrogens is 408 g/mol. The standard InChI is InChI=1S/C25H24N2O3S/c1-16-12-17(2)23-21(13-16)26-25(31-23)27(15-18-8-6-5-7-9-18)24(28)20-14-19(29-3)10-11-22(20)30-4/h5-14H,15H2,1-4H3. The van der Waals surface area contributed by atoms with Crippen LogP contribution in [-0.2, 0) is 6.54 Å². The zero-order chi connectivity index (χ0) is 22.0. The SMILES string of the molecule is COc1ccc(OC)c(C(=O)N(Cc2ccccc2)c2nc3cc(C)cc(C)c3s2)c1. The van der Waals surface area contributed by atoms with E-state index >= 15 is 0 Å². The van der Waals surface area contributed by atoms with Crippen molar-refractivity contribution in [3.63, 3.8) is 0 Å². The molecule has 0 atom stereocenters. The van der Waals surface area contributed by atoms with Crippen LogP contribution in [0.1, 0.15) is 27.0 Å². The second-order valence-corrected chi connectivity index (χ2v) is 8.35. The zero-order valence-corrected chi connectivity index (χ0v) is 18.8. The second kappa shape index (κ2) is 8.78. The number of thiazole rings is 1. The molecule has 0 bridgehead atoms. The summed E-state index contributed by atoms with van der Waals surface area (Å²) in [5, 5.41) is 0.655. The van der Waals surface area contributed by atoms with Gasteiger partial charge in [0.05, 0.1) is 36.5 Å². The molecule has 1 aromatic heterocycles. The fraction of sp³-hybridized carbons (Fsp3) is 0.200. The Morgan fingerprint density at radius 2 is 1.77 bits per heavy atom. The number of fused-ring (bicyclic) bond motifs is 1. The van der Waals surface area contributed by atoms with Crippen molar-refractivity contribution in [2.24, 2.45) is 0 Å². The number of anilines is 1. The minimum atomic E-state index is -0.187. The molecule has 0 saturated heterocycles. The number of hydrogen-bond acceptors (Lipinski definition) is 5. The predicted molar refractivity (Wildman–Crippen MR) is 126 cm³/mol. The number of benzene rings is 3. The molecule has 0 aliphatic heterocycles. The fourth-order valence-electron chi connectivity index (χ4n) is 3.60. The summed E-state index contributed by atoms with van der Waals surface area (Å²) < 4.78 is 11.9. The third-order valence-corrected chi connectivity index (χ3v) is 6.33. The summed E-state index contributed by atoms with van der Waals surface area (Å²) in [6.45, 7) is 4.53. The maximum Gasteiger partial charge on any atom is 0.264 e. The molecule has 4 aromatic rings. The number of carbonyl (C=O) groups is 1. The topological polar surface area (TPSA) is 51.7 Å². The first-order valence-corrected chi connectivity index (χ1v) is 10.8. The molecule has 31 heavy (non-hydrogen) atoms. The van der Waals surface area contributed by atoms with Crippen molar-refractivity contribution in [2.75, 3.05) is 19.1 Å². The molecule has 0 saturated carbocycles. The molecule has 0 spiro atoms. The Morgan fingerprint density at radius 1 is 1.00 bits per heavy atom. The Hall–Kier alpha value is -3.38. The minimum absolute atomic E-state index is 0.187. The van der Waals surface area contributed by atoms with Crippen molar-refractivity contribution in [3.05, 3.63) is 82.9 Å². The van der Waals surface area contributed by atoms with Gasteiger partial charge in [-0.3, -0.25) is 9.69 Å². The maximum atomic E-state index is 13.8. The van der Waals surface area contributed by atoms with Gasteiger partial charge in [-0.1, -0.05) is 47.7 Å². The summed E-state index contributed by atoms with van der Waals surface area (Å²) in [5.41, 5.74) is 4.66. The molecule has 6 heteroatoms. The molecule has 5 nitrogen and oxygen atoms in total. The van der Waals surface area contributed by atoms with Crippen LogP contribution in [0.5, 0.6) is 11.5 Å². The van der Waals surface area contributed by atoms with Crippen molar-refractivity contribution in [3.8, 4) is 11.5 Å². The Balaban J connectivity index is 1.84. The average molecular weight is 433 g/mol. The smallest absolute Gasteiger partial charge is 0.264 e. The molecule has 1 amide bonds. The number of hydrogen-bond donors (Lipinski definition) is 0. The van der Waals surface area contributed by atoms with Gasteiger partial charge in [0.2, 0.25) is 0 Å². The molecule has 0 N–H and O–H groups in total. The number of amides is 1. The predicted octanol–water partition coefficient (Wildman–Crippen LogP) is 5.78. The van der Waals surface area contributed by atoms with Gasteiger partial charge in [0.25, 0.3) is 5.91 Å². The maximum absolute atomic E-state index is 13.8. The average Bonchev–Trinajstić information content (AvgIpc) is 3.21. The lowest BCUT2D eigenvalue weighted by atomic mass is 10.1. The van der Waals surface area contributed by atoms with Crippen LogP contribution in [0.25, 0.3) is 10.2 Å². The number of methoxy groups -OCH3 is 2. The van der Waals surface area contributed by atoms with Gasteiger partial charge >= 0.3 is 0 Å². The first-order valence-electron chi connectivity index (χ1n) is 9.95. The molecule has 0 radical (unpaired) electrons. The van der Waals surface area contributed by atoms with Gasteiger partial charge in [-0.25, -0.2) is 4.98 Å². The second-order valence-electron chi connectivity index (χ2n) is 7.37. The van der Waals surface area contributed by atoms with Gasteiger partial charge in [0, 0.05) is 0 Å². The van der Waals surface area contributed by atoms with Gasteiger partial charge in [-0.2, -0.15) is 0 Å². The highest BCUT2D eigenvalue weighted by Crippen LogP contribution is 2.35. The summed E-state index contributed by atoms with van der Waals surface area (Å²) in [6.07, 6.45) is 0. The van der Waals surface area contributed by atoms with Crippen LogP contribution in [0.15, 0.2) is 60.7 Å². The molecule has 0 aliphatic rings. The van der Waals surface area contributed by atoms with E-state index in [0.717, 1.165) is 26.9 Å². The quantitative estimate of drug-likeness (QED) is 0.388. The Labute approximate surface area is 185 Å². The van der Waals surface area contributed by atoms with Gasteiger partial charge < -0.3 is 9.47 Å². The largest absolute Gasteiger partial charge is 0.497 e. The van der Waals surface area contributed by atoms with Crippen LogP contribution in [0.2, 0.25) is 0 Å². The highest BCUT2D eigenvalue weighted by molar-refractivity contribution is 7.22. The van der Waals surface area contributed by atoms with E-state index < -0.39 is 0 Å². The molecule has 0 aliphatic carbocycles. The number of ether oxygens (including phenoxy) is 2. The van der Waals surface area contributed by atoms with Crippen LogP contribution < -0.4 is 14.4 Å². The van der Waals surface area contributed by atoms with E-state index in [4.69, 9.17) is 14.5 Å². The lowest BCUT2D eigenvalue weighted by Gasteiger charge is -2.21. The normalized spacial score (nSPS) is 10.8. The highest BCUT2D eigenvalue weighted by atomic mass is 32.1. The summed E-state index contributed by atoms with van der Waals surface area (Å²) >= 11 is 1.53. The number of nitrogens with zero attached hydrogens (tertiary/aromatic N) is 2. The molecule has 1 heterocycles. The molecule has 3 aromatic carbocycles. The van der Waals surface area contributed by atoms with E-state index in [0.29, 0.717) is 28.7 Å². The molecule has 158 valence electrons. The van der Waals surface area contributed by atoms with Crippen molar-refractivity contribution >= 4 is 32.6 Å². The summed E-state index contributed by atoms with van der Waals surface area (Å²) in [7, 11) is 3.14. The van der Waals surface area contributed by atoms with Gasteiger partial charge in [0.15, 0.2) is 5.13 Å². The summed E-state index contributed by atoms with van der Waals surface area (Å²) in [5.74, 6) is 0.907. The van der Waals surface area contributed by atoms with Crippen molar-refractivity contribution < 1.29 is 14.3 Å². The van der Waals surface area contributed by atoms with Crippen molar-refractivity contribution in [2.45, 2.75) is 20.4 Å². The van der Waals surface area contributed by atoms with E-state index in [1.807, 2.05) is 30.3 Å². The molecular formula is C25H24N2O3S.